The SMILES string of the molecule is COc1c(Br)cc(C=O)c(C(C)C)c1OC. The molecule has 3 nitrogen and oxygen atoms in total. The van der Waals surface area contributed by atoms with Crippen molar-refractivity contribution in [3.05, 3.63) is 21.7 Å². The molecule has 1 aromatic rings. The molecule has 0 aliphatic carbocycles. The van der Waals surface area contributed by atoms with Gasteiger partial charge in [-0.1, -0.05) is 13.8 Å². The zero-order valence-corrected chi connectivity index (χ0v) is 11.4. The Morgan fingerprint density at radius 2 is 1.81 bits per heavy atom. The van der Waals surface area contributed by atoms with E-state index in [1.54, 1.807) is 20.3 Å². The highest BCUT2D eigenvalue weighted by Crippen LogP contribution is 2.42. The van der Waals surface area contributed by atoms with Crippen molar-refractivity contribution in [2.45, 2.75) is 19.8 Å². The second-order valence-corrected chi connectivity index (χ2v) is 4.55. The average molecular weight is 287 g/mol. The number of aldehydes is 1. The van der Waals surface area contributed by atoms with Gasteiger partial charge in [0.1, 0.15) is 0 Å². The van der Waals surface area contributed by atoms with E-state index in [2.05, 4.69) is 15.9 Å². The van der Waals surface area contributed by atoms with E-state index in [1.165, 1.54) is 0 Å². The van der Waals surface area contributed by atoms with Gasteiger partial charge in [-0.15, -0.1) is 0 Å². The van der Waals surface area contributed by atoms with E-state index < -0.39 is 0 Å². The molecule has 0 unspecified atom stereocenters. The molecule has 0 atom stereocenters. The first-order valence-corrected chi connectivity index (χ1v) is 5.75. The zero-order valence-electron chi connectivity index (χ0n) is 9.83. The molecule has 0 spiro atoms. The maximum Gasteiger partial charge on any atom is 0.175 e. The summed E-state index contributed by atoms with van der Waals surface area (Å²) >= 11 is 3.36. The molecule has 0 saturated carbocycles. The van der Waals surface area contributed by atoms with Gasteiger partial charge >= 0.3 is 0 Å². The first-order chi connectivity index (χ1) is 7.56. The fraction of sp³-hybridized carbons (Fsp3) is 0.417. The topological polar surface area (TPSA) is 35.5 Å². The normalized spacial score (nSPS) is 10.4. The largest absolute Gasteiger partial charge is 0.492 e. The van der Waals surface area contributed by atoms with Gasteiger partial charge in [-0.3, -0.25) is 4.79 Å². The van der Waals surface area contributed by atoms with Crippen LogP contribution < -0.4 is 9.47 Å². The van der Waals surface area contributed by atoms with Crippen LogP contribution in [0.2, 0.25) is 0 Å². The van der Waals surface area contributed by atoms with E-state index in [-0.39, 0.29) is 5.92 Å². The Bertz CT molecular complexity index is 400. The molecule has 0 saturated heterocycles. The summed E-state index contributed by atoms with van der Waals surface area (Å²) in [5, 5.41) is 0. The van der Waals surface area contributed by atoms with E-state index in [4.69, 9.17) is 9.47 Å². The maximum absolute atomic E-state index is 11.0. The van der Waals surface area contributed by atoms with Crippen molar-refractivity contribution < 1.29 is 14.3 Å². The first-order valence-electron chi connectivity index (χ1n) is 4.96. The Morgan fingerprint density at radius 3 is 2.19 bits per heavy atom. The van der Waals surface area contributed by atoms with Gasteiger partial charge in [-0.25, -0.2) is 0 Å². The summed E-state index contributed by atoms with van der Waals surface area (Å²) in [5.41, 5.74) is 1.50. The lowest BCUT2D eigenvalue weighted by Gasteiger charge is -2.18. The van der Waals surface area contributed by atoms with Crippen molar-refractivity contribution in [3.8, 4) is 11.5 Å². The highest BCUT2D eigenvalue weighted by Gasteiger charge is 2.20. The molecule has 0 aliphatic rings. The number of hydrogen-bond acceptors (Lipinski definition) is 3. The minimum Gasteiger partial charge on any atom is -0.492 e. The Balaban J connectivity index is 3.59. The van der Waals surface area contributed by atoms with Crippen LogP contribution in [0.25, 0.3) is 0 Å². The molecule has 0 bridgehead atoms. The quantitative estimate of drug-likeness (QED) is 0.796. The zero-order chi connectivity index (χ0) is 12.3. The van der Waals surface area contributed by atoms with Gasteiger partial charge in [0, 0.05) is 11.1 Å². The Kier molecular flexibility index (Phi) is 4.35. The highest BCUT2D eigenvalue weighted by molar-refractivity contribution is 9.10. The van der Waals surface area contributed by atoms with E-state index in [9.17, 15) is 4.79 Å². The summed E-state index contributed by atoms with van der Waals surface area (Å²) in [5.74, 6) is 1.43. The van der Waals surface area contributed by atoms with E-state index in [0.29, 0.717) is 17.1 Å². The molecule has 0 radical (unpaired) electrons. The number of hydrogen-bond donors (Lipinski definition) is 0. The minimum atomic E-state index is 0.192. The van der Waals surface area contributed by atoms with E-state index >= 15 is 0 Å². The van der Waals surface area contributed by atoms with Crippen LogP contribution in [0.15, 0.2) is 10.5 Å². The molecule has 0 N–H and O–H groups in total. The van der Waals surface area contributed by atoms with Crippen LogP contribution >= 0.6 is 15.9 Å². The lowest BCUT2D eigenvalue weighted by atomic mass is 9.96. The number of rotatable bonds is 4. The monoisotopic (exact) mass is 286 g/mol. The van der Waals surface area contributed by atoms with Crippen LogP contribution in [-0.4, -0.2) is 20.5 Å². The Morgan fingerprint density at radius 1 is 1.25 bits per heavy atom. The molecule has 1 rings (SSSR count). The maximum atomic E-state index is 11.0. The van der Waals surface area contributed by atoms with Crippen LogP contribution in [0.4, 0.5) is 0 Å². The molecule has 16 heavy (non-hydrogen) atoms. The third-order valence-corrected chi connectivity index (χ3v) is 2.96. The Labute approximate surface area is 104 Å². The smallest absolute Gasteiger partial charge is 0.175 e. The van der Waals surface area contributed by atoms with Gasteiger partial charge in [0.2, 0.25) is 0 Å². The van der Waals surface area contributed by atoms with Gasteiger partial charge in [0.05, 0.1) is 18.7 Å². The molecular formula is C12H15BrO3. The predicted molar refractivity (Wildman–Crippen MR) is 66.7 cm³/mol. The van der Waals surface area contributed by atoms with Gasteiger partial charge in [0.15, 0.2) is 17.8 Å². The van der Waals surface area contributed by atoms with Crippen molar-refractivity contribution in [2.24, 2.45) is 0 Å². The Hall–Kier alpha value is -1.03. The van der Waals surface area contributed by atoms with Crippen molar-refractivity contribution >= 4 is 22.2 Å². The van der Waals surface area contributed by atoms with Crippen LogP contribution in [0.1, 0.15) is 35.7 Å². The van der Waals surface area contributed by atoms with E-state index in [0.717, 1.165) is 16.3 Å². The summed E-state index contributed by atoms with van der Waals surface area (Å²) in [7, 11) is 3.15. The molecule has 4 heteroatoms. The highest BCUT2D eigenvalue weighted by atomic mass is 79.9. The predicted octanol–water partition coefficient (Wildman–Crippen LogP) is 3.40. The molecule has 0 fully saturated rings. The number of carbonyl (C=O) groups is 1. The molecule has 88 valence electrons. The number of halogens is 1. The van der Waals surface area contributed by atoms with Crippen LogP contribution in [0.3, 0.4) is 0 Å². The lowest BCUT2D eigenvalue weighted by Crippen LogP contribution is -2.03. The van der Waals surface area contributed by atoms with Crippen molar-refractivity contribution in [1.29, 1.82) is 0 Å². The molecule has 0 amide bonds. The summed E-state index contributed by atoms with van der Waals surface area (Å²) < 4.78 is 11.3. The number of benzene rings is 1. The van der Waals surface area contributed by atoms with Crippen LogP contribution in [-0.2, 0) is 0 Å². The van der Waals surface area contributed by atoms with Gasteiger partial charge in [0.25, 0.3) is 0 Å². The third-order valence-electron chi connectivity index (χ3n) is 2.37. The second-order valence-electron chi connectivity index (χ2n) is 3.70. The van der Waals surface area contributed by atoms with Gasteiger partial charge in [-0.05, 0) is 27.9 Å². The molecule has 1 aromatic carbocycles. The van der Waals surface area contributed by atoms with Crippen molar-refractivity contribution in [3.63, 3.8) is 0 Å². The van der Waals surface area contributed by atoms with Gasteiger partial charge < -0.3 is 9.47 Å². The fourth-order valence-electron chi connectivity index (χ4n) is 1.73. The third kappa shape index (κ3) is 2.21. The van der Waals surface area contributed by atoms with E-state index in [1.807, 2.05) is 13.8 Å². The molecule has 0 heterocycles. The standard InChI is InChI=1S/C12H15BrO3/c1-7(2)10-8(6-14)5-9(13)11(15-3)12(10)16-4/h5-7H,1-4H3. The number of ether oxygens (including phenoxy) is 2. The molecular weight excluding hydrogens is 272 g/mol. The fourth-order valence-corrected chi connectivity index (χ4v) is 2.32. The second kappa shape index (κ2) is 5.34. The summed E-state index contributed by atoms with van der Waals surface area (Å²) in [6.07, 6.45) is 0.835. The van der Waals surface area contributed by atoms with Crippen molar-refractivity contribution in [2.75, 3.05) is 14.2 Å². The molecule has 0 aromatic heterocycles. The van der Waals surface area contributed by atoms with Crippen LogP contribution in [0, 0.1) is 0 Å². The molecule has 0 aliphatic heterocycles. The first kappa shape index (κ1) is 13.0. The van der Waals surface area contributed by atoms with Crippen LogP contribution in [0.5, 0.6) is 11.5 Å². The summed E-state index contributed by atoms with van der Waals surface area (Å²) in [4.78, 5) is 11.0. The minimum absolute atomic E-state index is 0.192. The number of carbonyl (C=O) groups excluding carboxylic acids is 1. The summed E-state index contributed by atoms with van der Waals surface area (Å²) in [6.45, 7) is 4.02. The number of methoxy groups -OCH3 is 2. The average Bonchev–Trinajstić information content (AvgIpc) is 2.26. The van der Waals surface area contributed by atoms with Crippen molar-refractivity contribution in [1.82, 2.24) is 0 Å². The van der Waals surface area contributed by atoms with Gasteiger partial charge in [-0.2, -0.15) is 0 Å². The lowest BCUT2D eigenvalue weighted by molar-refractivity contribution is 0.112. The summed E-state index contributed by atoms with van der Waals surface area (Å²) in [6, 6.07) is 1.75.